The number of carbonyl (C=O) groups excluding carboxylic acids is 3. The van der Waals surface area contributed by atoms with Crippen molar-refractivity contribution in [1.82, 2.24) is 19.8 Å². The number of hydrogen-bond donors (Lipinski definition) is 2. The number of sulfonamides is 1. The molecule has 0 spiro atoms. The van der Waals surface area contributed by atoms with Gasteiger partial charge in [-0.2, -0.15) is 4.31 Å². The minimum Gasteiger partial charge on any atom is -0.410 e. The molecule has 2 aromatic carbocycles. The molecule has 1 heterocycles. The third kappa shape index (κ3) is 6.74. The van der Waals surface area contributed by atoms with Gasteiger partial charge < -0.3 is 20.3 Å². The summed E-state index contributed by atoms with van der Waals surface area (Å²) in [6, 6.07) is 11.7. The lowest BCUT2D eigenvalue weighted by Gasteiger charge is -2.57. The molecule has 1 aliphatic heterocycles. The average Bonchev–Trinajstić information content (AvgIpc) is 3.48. The van der Waals surface area contributed by atoms with Crippen LogP contribution in [0, 0.1) is 24.7 Å². The van der Waals surface area contributed by atoms with E-state index in [9.17, 15) is 22.8 Å². The molecule has 11 heteroatoms. The van der Waals surface area contributed by atoms with Gasteiger partial charge in [0.05, 0.1) is 4.90 Å². The maximum atomic E-state index is 14.1. The Labute approximate surface area is 265 Å². The summed E-state index contributed by atoms with van der Waals surface area (Å²) in [6.07, 6.45) is 7.31. The highest BCUT2D eigenvalue weighted by molar-refractivity contribution is 7.89. The maximum absolute atomic E-state index is 14.1. The Balaban J connectivity index is 1.21. The van der Waals surface area contributed by atoms with Crippen molar-refractivity contribution in [1.29, 1.82) is 0 Å². The monoisotopic (exact) mass is 636 g/mol. The van der Waals surface area contributed by atoms with Crippen LogP contribution in [0.4, 0.5) is 4.79 Å². The van der Waals surface area contributed by atoms with Crippen LogP contribution >= 0.6 is 0 Å². The van der Waals surface area contributed by atoms with E-state index in [-0.39, 0.29) is 29.3 Å². The van der Waals surface area contributed by atoms with Crippen LogP contribution in [0.1, 0.15) is 62.5 Å². The molecule has 2 N–H and O–H groups in total. The molecular weight excluding hydrogens is 592 g/mol. The van der Waals surface area contributed by atoms with Crippen LogP contribution in [0.2, 0.25) is 0 Å². The molecule has 0 radical (unpaired) electrons. The SMILES string of the molecule is Cc1ccc(S(=O)(=O)N2CCC[C@H]2C(=O)N[C@@H](Cc2ccc(OC(=O)N(C)C)cc2)C(=O)NC23CC4CC(CC(C4)C2)C3)cc1. The highest BCUT2D eigenvalue weighted by atomic mass is 32.2. The van der Waals surface area contributed by atoms with Crippen molar-refractivity contribution < 1.29 is 27.5 Å². The van der Waals surface area contributed by atoms with Gasteiger partial charge in [-0.1, -0.05) is 29.8 Å². The molecule has 45 heavy (non-hydrogen) atoms. The number of hydrogen-bond acceptors (Lipinski definition) is 6. The van der Waals surface area contributed by atoms with Crippen molar-refractivity contribution in [3.63, 3.8) is 0 Å². The Bertz CT molecular complexity index is 1500. The van der Waals surface area contributed by atoms with Crippen LogP contribution in [-0.4, -0.2) is 73.8 Å². The van der Waals surface area contributed by atoms with Crippen LogP contribution in [-0.2, 0) is 26.0 Å². The zero-order valence-electron chi connectivity index (χ0n) is 26.3. The number of ether oxygens (including phenoxy) is 1. The van der Waals surface area contributed by atoms with E-state index >= 15 is 0 Å². The van der Waals surface area contributed by atoms with Crippen LogP contribution in [0.5, 0.6) is 5.75 Å². The second-order valence-corrected chi connectivity index (χ2v) is 15.8. The first-order valence-corrected chi connectivity index (χ1v) is 17.5. The summed E-state index contributed by atoms with van der Waals surface area (Å²) in [7, 11) is -0.693. The van der Waals surface area contributed by atoms with Gasteiger partial charge in [-0.15, -0.1) is 0 Å². The van der Waals surface area contributed by atoms with Gasteiger partial charge in [-0.3, -0.25) is 9.59 Å². The normalized spacial score (nSPS) is 28.0. The summed E-state index contributed by atoms with van der Waals surface area (Å²) in [4.78, 5) is 41.4. The fourth-order valence-electron chi connectivity index (χ4n) is 8.35. The second kappa shape index (κ2) is 12.4. The Hall–Kier alpha value is -3.44. The fraction of sp³-hybridized carbons (Fsp3) is 0.559. The second-order valence-electron chi connectivity index (χ2n) is 13.9. The Morgan fingerprint density at radius 2 is 1.56 bits per heavy atom. The van der Waals surface area contributed by atoms with E-state index in [0.29, 0.717) is 36.3 Å². The molecule has 5 fully saturated rings. The zero-order valence-corrected chi connectivity index (χ0v) is 27.1. The Morgan fingerprint density at radius 1 is 0.956 bits per heavy atom. The Morgan fingerprint density at radius 3 is 2.13 bits per heavy atom. The molecule has 0 aromatic heterocycles. The van der Waals surface area contributed by atoms with Crippen molar-refractivity contribution >= 4 is 27.9 Å². The van der Waals surface area contributed by atoms with Crippen molar-refractivity contribution in [3.8, 4) is 5.75 Å². The quantitative estimate of drug-likeness (QED) is 0.429. The third-order valence-corrected chi connectivity index (χ3v) is 12.0. The first-order chi connectivity index (χ1) is 21.4. The molecule has 4 aliphatic carbocycles. The molecule has 3 amide bonds. The molecular formula is C34H44N4O6S. The number of aryl methyl sites for hydroxylation is 1. The van der Waals surface area contributed by atoms with Crippen LogP contribution in [0.15, 0.2) is 53.4 Å². The van der Waals surface area contributed by atoms with E-state index in [2.05, 4.69) is 10.6 Å². The summed E-state index contributed by atoms with van der Waals surface area (Å²) >= 11 is 0. The van der Waals surface area contributed by atoms with E-state index in [1.165, 1.54) is 28.5 Å². The molecule has 0 unspecified atom stereocenters. The van der Waals surface area contributed by atoms with E-state index in [4.69, 9.17) is 4.74 Å². The van der Waals surface area contributed by atoms with Gasteiger partial charge in [0.25, 0.3) is 0 Å². The van der Waals surface area contributed by atoms with Gasteiger partial charge in [0.15, 0.2) is 0 Å². The molecule has 1 saturated heterocycles. The zero-order chi connectivity index (χ0) is 31.9. The predicted molar refractivity (Wildman–Crippen MR) is 169 cm³/mol. The average molecular weight is 637 g/mol. The summed E-state index contributed by atoms with van der Waals surface area (Å²) in [5.41, 5.74) is 1.48. The Kier molecular flexibility index (Phi) is 8.69. The van der Waals surface area contributed by atoms with Gasteiger partial charge in [0, 0.05) is 32.6 Å². The van der Waals surface area contributed by atoms with Gasteiger partial charge in [0.1, 0.15) is 17.8 Å². The standard InChI is InChI=1S/C34H44N4O6S/c1-22-6-12-28(13-7-22)45(42,43)38-14-4-5-30(38)32(40)35-29(18-23-8-10-27(11-9-23)44-33(41)37(2)3)31(39)36-34-19-24-15-25(20-34)17-26(16-24)21-34/h6-13,24-26,29-30H,4-5,14-21H2,1-3H3,(H,35,40)(H,36,39)/t24?,25?,26?,29-,30-,34?/m0/s1. The predicted octanol–water partition coefficient (Wildman–Crippen LogP) is 4.02. The van der Waals surface area contributed by atoms with E-state index in [1.54, 1.807) is 62.6 Å². The summed E-state index contributed by atoms with van der Waals surface area (Å²) < 4.78 is 33.7. The lowest BCUT2D eigenvalue weighted by atomic mass is 9.53. The minimum atomic E-state index is -3.89. The van der Waals surface area contributed by atoms with Crippen LogP contribution < -0.4 is 15.4 Å². The maximum Gasteiger partial charge on any atom is 0.414 e. The lowest BCUT2D eigenvalue weighted by Crippen LogP contribution is -2.63. The molecule has 10 nitrogen and oxygen atoms in total. The fourth-order valence-corrected chi connectivity index (χ4v) is 10.0. The van der Waals surface area contributed by atoms with E-state index < -0.39 is 34.1 Å². The van der Waals surface area contributed by atoms with Gasteiger partial charge in [0.2, 0.25) is 21.8 Å². The minimum absolute atomic E-state index is 0.152. The molecule has 7 rings (SSSR count). The third-order valence-electron chi connectivity index (χ3n) is 10.1. The highest BCUT2D eigenvalue weighted by Gasteiger charge is 2.52. The number of carbonyl (C=O) groups is 3. The van der Waals surface area contributed by atoms with Gasteiger partial charge in [-0.25, -0.2) is 13.2 Å². The highest BCUT2D eigenvalue weighted by Crippen LogP contribution is 2.55. The molecule has 242 valence electrons. The van der Waals surface area contributed by atoms with Crippen molar-refractivity contribution in [3.05, 3.63) is 59.7 Å². The summed E-state index contributed by atoms with van der Waals surface area (Å²) in [5, 5.41) is 6.37. The molecule has 2 atom stereocenters. The van der Waals surface area contributed by atoms with Gasteiger partial charge in [-0.05, 0) is 106 Å². The largest absolute Gasteiger partial charge is 0.414 e. The van der Waals surface area contributed by atoms with Crippen molar-refractivity contribution in [2.24, 2.45) is 17.8 Å². The van der Waals surface area contributed by atoms with E-state index in [1.807, 2.05) is 6.92 Å². The molecule has 5 aliphatic rings. The summed E-state index contributed by atoms with van der Waals surface area (Å²) in [5.74, 6) is 1.59. The van der Waals surface area contributed by atoms with Crippen LogP contribution in [0.25, 0.3) is 0 Å². The number of nitrogens with zero attached hydrogens (tertiary/aromatic N) is 2. The van der Waals surface area contributed by atoms with Crippen molar-refractivity contribution in [2.45, 2.75) is 87.2 Å². The molecule has 4 bridgehead atoms. The lowest BCUT2D eigenvalue weighted by molar-refractivity contribution is -0.133. The number of rotatable bonds is 9. The smallest absolute Gasteiger partial charge is 0.410 e. The topological polar surface area (TPSA) is 125 Å². The van der Waals surface area contributed by atoms with Gasteiger partial charge >= 0.3 is 6.09 Å². The first kappa shape index (κ1) is 31.5. The van der Waals surface area contributed by atoms with Crippen molar-refractivity contribution in [2.75, 3.05) is 20.6 Å². The summed E-state index contributed by atoms with van der Waals surface area (Å²) in [6.45, 7) is 2.13. The van der Waals surface area contributed by atoms with Crippen LogP contribution in [0.3, 0.4) is 0 Å². The molecule has 4 saturated carbocycles. The molecule has 2 aromatic rings. The van der Waals surface area contributed by atoms with E-state index in [0.717, 1.165) is 30.4 Å². The first-order valence-electron chi connectivity index (χ1n) is 16.1. The number of benzene rings is 2. The number of amides is 3. The number of nitrogens with one attached hydrogen (secondary N) is 2.